The summed E-state index contributed by atoms with van der Waals surface area (Å²) in [5.74, 6) is 2.73. The number of hydrogen-bond acceptors (Lipinski definition) is 6. The molecule has 0 bridgehead atoms. The molecule has 0 atom stereocenters. The number of rotatable bonds is 7. The van der Waals surface area contributed by atoms with Crippen LogP contribution in [0.3, 0.4) is 0 Å². The molecule has 1 aliphatic rings. The van der Waals surface area contributed by atoms with E-state index in [1.165, 1.54) is 0 Å². The van der Waals surface area contributed by atoms with Gasteiger partial charge in [-0.15, -0.1) is 11.8 Å². The molecule has 152 valence electrons. The van der Waals surface area contributed by atoms with Crippen LogP contribution in [0.5, 0.6) is 17.2 Å². The lowest BCUT2D eigenvalue weighted by Gasteiger charge is -2.18. The van der Waals surface area contributed by atoms with Gasteiger partial charge in [0.25, 0.3) is 0 Å². The predicted molar refractivity (Wildman–Crippen MR) is 118 cm³/mol. The molecule has 0 fully saturated rings. The molecule has 0 N–H and O–H groups in total. The first-order chi connectivity index (χ1) is 14.7. The Morgan fingerprint density at radius 3 is 2.77 bits per heavy atom. The fourth-order valence-corrected chi connectivity index (χ4v) is 3.90. The lowest BCUT2D eigenvalue weighted by molar-refractivity contribution is 0.104. The third kappa shape index (κ3) is 4.83. The first kappa shape index (κ1) is 20.0. The summed E-state index contributed by atoms with van der Waals surface area (Å²) in [5, 5.41) is 0.953. The van der Waals surface area contributed by atoms with Crippen LogP contribution >= 0.6 is 11.8 Å². The molecule has 0 spiro atoms. The first-order valence-corrected chi connectivity index (χ1v) is 10.5. The second-order valence-corrected chi connectivity index (χ2v) is 7.58. The minimum absolute atomic E-state index is 0.0906. The molecular formula is C24H21NO4S. The zero-order chi connectivity index (χ0) is 20.8. The Bertz CT molecular complexity index is 1070. The summed E-state index contributed by atoms with van der Waals surface area (Å²) < 4.78 is 16.5. The number of benzene rings is 2. The molecule has 1 aliphatic heterocycles. The van der Waals surface area contributed by atoms with Gasteiger partial charge in [-0.05, 0) is 54.1 Å². The summed E-state index contributed by atoms with van der Waals surface area (Å²) in [5.41, 5.74) is 2.54. The molecule has 0 saturated carbocycles. The standard InChI is InChI=1S/C24H21NO4S/c1-27-21-9-6-17(14-19(21)16-30-24-4-2-3-11-25-24)5-8-20(26)18-7-10-22-23(15-18)29-13-12-28-22/h2-11,14-15H,12-13,16H2,1H3/b8-5+. The van der Waals surface area contributed by atoms with Crippen LogP contribution in [0, 0.1) is 0 Å². The number of carbonyl (C=O) groups is 1. The normalized spacial score (nSPS) is 12.7. The highest BCUT2D eigenvalue weighted by Gasteiger charge is 2.14. The Morgan fingerprint density at radius 1 is 1.10 bits per heavy atom. The van der Waals surface area contributed by atoms with Gasteiger partial charge < -0.3 is 14.2 Å². The number of carbonyl (C=O) groups excluding carboxylic acids is 1. The molecule has 30 heavy (non-hydrogen) atoms. The Hall–Kier alpha value is -3.25. The molecule has 2 aromatic carbocycles. The van der Waals surface area contributed by atoms with Gasteiger partial charge in [0.1, 0.15) is 19.0 Å². The van der Waals surface area contributed by atoms with Gasteiger partial charge in [-0.3, -0.25) is 4.79 Å². The first-order valence-electron chi connectivity index (χ1n) is 9.56. The average molecular weight is 420 g/mol. The third-order valence-electron chi connectivity index (χ3n) is 4.57. The van der Waals surface area contributed by atoms with E-state index in [-0.39, 0.29) is 5.78 Å². The smallest absolute Gasteiger partial charge is 0.185 e. The van der Waals surface area contributed by atoms with Crippen LogP contribution in [-0.4, -0.2) is 31.1 Å². The second kappa shape index (κ2) is 9.50. The molecule has 0 unspecified atom stereocenters. The Kier molecular flexibility index (Phi) is 6.35. The highest BCUT2D eigenvalue weighted by Crippen LogP contribution is 2.31. The van der Waals surface area contributed by atoms with Crippen molar-refractivity contribution in [1.29, 1.82) is 0 Å². The Balaban J connectivity index is 1.48. The fraction of sp³-hybridized carbons (Fsp3) is 0.167. The highest BCUT2D eigenvalue weighted by atomic mass is 32.2. The lowest BCUT2D eigenvalue weighted by atomic mass is 10.1. The zero-order valence-corrected chi connectivity index (χ0v) is 17.4. The number of nitrogens with zero attached hydrogens (tertiary/aromatic N) is 1. The molecule has 0 saturated heterocycles. The lowest BCUT2D eigenvalue weighted by Crippen LogP contribution is -2.15. The fourth-order valence-electron chi connectivity index (χ4n) is 3.06. The van der Waals surface area contributed by atoms with E-state index < -0.39 is 0 Å². The number of thioether (sulfide) groups is 1. The summed E-state index contributed by atoms with van der Waals surface area (Å²) in [7, 11) is 1.66. The van der Waals surface area contributed by atoms with Gasteiger partial charge >= 0.3 is 0 Å². The van der Waals surface area contributed by atoms with Crippen molar-refractivity contribution in [3.8, 4) is 17.2 Å². The summed E-state index contributed by atoms with van der Waals surface area (Å²) in [6.45, 7) is 1.02. The van der Waals surface area contributed by atoms with E-state index in [9.17, 15) is 4.79 Å². The van der Waals surface area contributed by atoms with Crippen LogP contribution in [0.25, 0.3) is 6.08 Å². The maximum Gasteiger partial charge on any atom is 0.185 e. The van der Waals surface area contributed by atoms with Gasteiger partial charge in [-0.1, -0.05) is 18.2 Å². The molecule has 0 radical (unpaired) electrons. The van der Waals surface area contributed by atoms with Gasteiger partial charge in [-0.25, -0.2) is 4.98 Å². The maximum absolute atomic E-state index is 12.6. The molecular weight excluding hydrogens is 398 g/mol. The van der Waals surface area contributed by atoms with Gasteiger partial charge in [0.2, 0.25) is 0 Å². The Labute approximate surface area is 179 Å². The van der Waals surface area contributed by atoms with Crippen LogP contribution in [0.4, 0.5) is 0 Å². The second-order valence-electron chi connectivity index (χ2n) is 6.58. The van der Waals surface area contributed by atoms with Gasteiger partial charge in [0.05, 0.1) is 12.1 Å². The van der Waals surface area contributed by atoms with Crippen LogP contribution in [-0.2, 0) is 5.75 Å². The average Bonchev–Trinajstić information content (AvgIpc) is 2.81. The van der Waals surface area contributed by atoms with E-state index >= 15 is 0 Å². The van der Waals surface area contributed by atoms with Crippen LogP contribution in [0.2, 0.25) is 0 Å². The maximum atomic E-state index is 12.6. The van der Waals surface area contributed by atoms with Gasteiger partial charge in [-0.2, -0.15) is 0 Å². The monoisotopic (exact) mass is 419 g/mol. The van der Waals surface area contributed by atoms with Crippen LogP contribution in [0.1, 0.15) is 21.5 Å². The number of aromatic nitrogens is 1. The van der Waals surface area contributed by atoms with E-state index in [1.807, 2.05) is 42.5 Å². The van der Waals surface area contributed by atoms with Crippen molar-refractivity contribution in [2.75, 3.05) is 20.3 Å². The summed E-state index contributed by atoms with van der Waals surface area (Å²) in [6.07, 6.45) is 5.17. The molecule has 6 heteroatoms. The third-order valence-corrected chi connectivity index (χ3v) is 5.56. The number of ketones is 1. The topological polar surface area (TPSA) is 57.7 Å². The molecule has 4 rings (SSSR count). The molecule has 2 heterocycles. The quantitative estimate of drug-likeness (QED) is 0.303. The van der Waals surface area contributed by atoms with Crippen molar-refractivity contribution < 1.29 is 19.0 Å². The summed E-state index contributed by atoms with van der Waals surface area (Å²) >= 11 is 1.64. The number of hydrogen-bond donors (Lipinski definition) is 0. The minimum atomic E-state index is -0.0906. The van der Waals surface area contributed by atoms with Crippen molar-refractivity contribution in [2.24, 2.45) is 0 Å². The number of allylic oxidation sites excluding steroid dienone is 1. The zero-order valence-electron chi connectivity index (χ0n) is 16.5. The molecule has 0 aliphatic carbocycles. The van der Waals surface area contributed by atoms with Crippen molar-refractivity contribution in [3.05, 3.63) is 83.6 Å². The SMILES string of the molecule is COc1ccc(/C=C/C(=O)c2ccc3c(c2)OCCO3)cc1CSc1ccccn1. The Morgan fingerprint density at radius 2 is 1.97 bits per heavy atom. The number of methoxy groups -OCH3 is 1. The number of ether oxygens (including phenoxy) is 3. The van der Waals surface area contributed by atoms with Crippen molar-refractivity contribution in [1.82, 2.24) is 4.98 Å². The number of fused-ring (bicyclic) bond motifs is 1. The van der Waals surface area contributed by atoms with E-state index in [1.54, 1.807) is 49.3 Å². The largest absolute Gasteiger partial charge is 0.496 e. The van der Waals surface area contributed by atoms with Gasteiger partial charge in [0, 0.05) is 23.1 Å². The molecule has 5 nitrogen and oxygen atoms in total. The molecule has 3 aromatic rings. The van der Waals surface area contributed by atoms with Crippen molar-refractivity contribution >= 4 is 23.6 Å². The van der Waals surface area contributed by atoms with E-state index in [0.29, 0.717) is 30.3 Å². The summed E-state index contributed by atoms with van der Waals surface area (Å²) in [6, 6.07) is 17.0. The molecule has 1 aromatic heterocycles. The highest BCUT2D eigenvalue weighted by molar-refractivity contribution is 7.98. The minimum Gasteiger partial charge on any atom is -0.496 e. The van der Waals surface area contributed by atoms with Crippen molar-refractivity contribution in [3.63, 3.8) is 0 Å². The van der Waals surface area contributed by atoms with E-state index in [4.69, 9.17) is 14.2 Å². The van der Waals surface area contributed by atoms with Gasteiger partial charge in [0.15, 0.2) is 17.3 Å². The van der Waals surface area contributed by atoms with Crippen LogP contribution in [0.15, 0.2) is 71.9 Å². The summed E-state index contributed by atoms with van der Waals surface area (Å²) in [4.78, 5) is 16.9. The van der Waals surface area contributed by atoms with Crippen molar-refractivity contribution in [2.45, 2.75) is 10.8 Å². The van der Waals surface area contributed by atoms with E-state index in [2.05, 4.69) is 4.98 Å². The molecule has 0 amide bonds. The van der Waals surface area contributed by atoms with E-state index in [0.717, 1.165) is 27.7 Å². The van der Waals surface area contributed by atoms with Crippen LogP contribution < -0.4 is 14.2 Å². The predicted octanol–water partition coefficient (Wildman–Crippen LogP) is 5.05. The number of pyridine rings is 1.